The van der Waals surface area contributed by atoms with Crippen LogP contribution in [0.25, 0.3) is 105 Å². The van der Waals surface area contributed by atoms with Gasteiger partial charge < -0.3 is 8.98 Å². The van der Waals surface area contributed by atoms with Crippen LogP contribution >= 0.6 is 0 Å². The minimum Gasteiger partial charge on any atom is -0.452 e. The van der Waals surface area contributed by atoms with E-state index in [-0.39, 0.29) is 5.92 Å². The third-order valence-corrected chi connectivity index (χ3v) is 13.0. The normalized spacial score (nSPS) is 13.2. The first-order valence-electron chi connectivity index (χ1n) is 21.5. The summed E-state index contributed by atoms with van der Waals surface area (Å²) in [4.78, 5) is 9.47. The van der Waals surface area contributed by atoms with Crippen molar-refractivity contribution in [2.24, 2.45) is 0 Å². The second-order valence-corrected chi connectivity index (χ2v) is 16.5. The predicted octanol–water partition coefficient (Wildman–Crippen LogP) is 15.3. The highest BCUT2D eigenvalue weighted by atomic mass is 16.3. The van der Waals surface area contributed by atoms with Gasteiger partial charge in [0.2, 0.25) is 0 Å². The first-order chi connectivity index (χ1) is 31.2. The second kappa shape index (κ2) is 14.1. The third-order valence-electron chi connectivity index (χ3n) is 13.0. The maximum absolute atomic E-state index is 6.60. The van der Waals surface area contributed by atoms with Crippen molar-refractivity contribution in [3.05, 3.63) is 235 Å². The molecule has 4 nitrogen and oxygen atoms in total. The number of nitrogens with zero attached hydrogens (tertiary/aromatic N) is 3. The number of aromatic nitrogens is 3. The molecule has 4 heteroatoms. The smallest absolute Gasteiger partial charge is 0.180 e. The number of hydrogen-bond donors (Lipinski definition) is 0. The van der Waals surface area contributed by atoms with Crippen molar-refractivity contribution < 1.29 is 4.42 Å². The van der Waals surface area contributed by atoms with E-state index in [1.807, 2.05) is 6.07 Å². The lowest BCUT2D eigenvalue weighted by molar-refractivity contribution is 0.667. The van der Waals surface area contributed by atoms with Crippen molar-refractivity contribution >= 4 is 43.9 Å². The van der Waals surface area contributed by atoms with Crippen LogP contribution in [-0.2, 0) is 0 Å². The van der Waals surface area contributed by atoms with Crippen LogP contribution in [-0.4, -0.2) is 14.5 Å². The third kappa shape index (κ3) is 5.69. The number of rotatable bonds is 6. The summed E-state index contributed by atoms with van der Waals surface area (Å²) in [5.74, 6) is 0.113. The topological polar surface area (TPSA) is 43.9 Å². The SMILES string of the molecule is c1ccc(-c2ccc(-c3ccc4c(c3)oc3c(-c5ccc(C6c7ccccc7-c7cc(-c8ccc9c(c8)c8ccccc8n9-c8ccccc8)ccc76)cc5)ncnc34)cc2)cc1. The summed E-state index contributed by atoms with van der Waals surface area (Å²) in [7, 11) is 0. The number of furan rings is 1. The molecule has 63 heavy (non-hydrogen) atoms. The van der Waals surface area contributed by atoms with Crippen LogP contribution in [0, 0.1) is 0 Å². The van der Waals surface area contributed by atoms with E-state index in [2.05, 4.69) is 211 Å². The predicted molar refractivity (Wildman–Crippen MR) is 258 cm³/mol. The standard InChI is InChI=1S/C59H37N3O/c1-3-11-37(12-4-1)38-19-21-39(22-20-38)44-28-31-50-55(35-44)63-59-57(60-36-61-58(50)59)41-25-23-40(24-26-41)56-48-17-8-7-15-46(48)51-33-42(27-30-49(51)56)43-29-32-54-52(34-43)47-16-9-10-18-53(47)62(54)45-13-5-2-6-14-45/h1-36,56H. The van der Waals surface area contributed by atoms with E-state index < -0.39 is 0 Å². The van der Waals surface area contributed by atoms with E-state index in [0.717, 1.165) is 38.9 Å². The zero-order chi connectivity index (χ0) is 41.4. The number of para-hydroxylation sites is 2. The molecular weight excluding hydrogens is 767 g/mol. The van der Waals surface area contributed by atoms with Gasteiger partial charge >= 0.3 is 0 Å². The van der Waals surface area contributed by atoms with Gasteiger partial charge in [-0.3, -0.25) is 0 Å². The Morgan fingerprint density at radius 2 is 1.00 bits per heavy atom. The van der Waals surface area contributed by atoms with E-state index in [1.54, 1.807) is 6.33 Å². The first-order valence-corrected chi connectivity index (χ1v) is 21.5. The highest BCUT2D eigenvalue weighted by Crippen LogP contribution is 2.50. The fraction of sp³-hybridized carbons (Fsp3) is 0.0169. The van der Waals surface area contributed by atoms with E-state index >= 15 is 0 Å². The van der Waals surface area contributed by atoms with Crippen LogP contribution in [0.3, 0.4) is 0 Å². The Morgan fingerprint density at radius 1 is 0.397 bits per heavy atom. The van der Waals surface area contributed by atoms with Gasteiger partial charge in [-0.2, -0.15) is 0 Å². The Hall–Kier alpha value is -8.34. The Morgan fingerprint density at radius 3 is 1.84 bits per heavy atom. The van der Waals surface area contributed by atoms with Gasteiger partial charge in [-0.15, -0.1) is 0 Å². The molecular formula is C59H37N3O. The van der Waals surface area contributed by atoms with Crippen LogP contribution in [0.5, 0.6) is 0 Å². The first kappa shape index (κ1) is 35.4. The molecule has 1 aliphatic carbocycles. The van der Waals surface area contributed by atoms with Crippen LogP contribution < -0.4 is 0 Å². The lowest BCUT2D eigenvalue weighted by Crippen LogP contribution is -1.99. The molecule has 9 aromatic carbocycles. The summed E-state index contributed by atoms with van der Waals surface area (Å²) in [6.45, 7) is 0. The molecule has 1 atom stereocenters. The molecule has 0 aliphatic heterocycles. The van der Waals surface area contributed by atoms with Crippen LogP contribution in [0.1, 0.15) is 22.6 Å². The average Bonchev–Trinajstić information content (AvgIpc) is 4.02. The fourth-order valence-electron chi connectivity index (χ4n) is 10.0. The molecule has 1 aliphatic rings. The Balaban J connectivity index is 0.835. The largest absolute Gasteiger partial charge is 0.452 e. The highest BCUT2D eigenvalue weighted by Gasteiger charge is 2.30. The highest BCUT2D eigenvalue weighted by molar-refractivity contribution is 6.11. The van der Waals surface area contributed by atoms with Crippen LogP contribution in [0.4, 0.5) is 0 Å². The van der Waals surface area contributed by atoms with Gasteiger partial charge in [-0.05, 0) is 110 Å². The summed E-state index contributed by atoms with van der Waals surface area (Å²) >= 11 is 0. The summed E-state index contributed by atoms with van der Waals surface area (Å²) in [5.41, 5.74) is 21.2. The lowest BCUT2D eigenvalue weighted by Gasteiger charge is -2.15. The fourth-order valence-corrected chi connectivity index (χ4v) is 10.0. The average molecular weight is 804 g/mol. The minimum atomic E-state index is 0.113. The quantitative estimate of drug-likeness (QED) is 0.168. The summed E-state index contributed by atoms with van der Waals surface area (Å²) in [5, 5.41) is 3.49. The number of fused-ring (bicyclic) bond motifs is 9. The van der Waals surface area contributed by atoms with Crippen molar-refractivity contribution in [3.8, 4) is 61.5 Å². The summed E-state index contributed by atoms with van der Waals surface area (Å²) in [6, 6.07) is 76.6. The van der Waals surface area contributed by atoms with E-state index in [9.17, 15) is 0 Å². The van der Waals surface area contributed by atoms with Gasteiger partial charge in [0.25, 0.3) is 0 Å². The van der Waals surface area contributed by atoms with Crippen LogP contribution in [0.2, 0.25) is 0 Å². The van der Waals surface area contributed by atoms with E-state index in [1.165, 1.54) is 77.6 Å². The molecule has 294 valence electrons. The van der Waals surface area contributed by atoms with Gasteiger partial charge in [-0.25, -0.2) is 9.97 Å². The van der Waals surface area contributed by atoms with Crippen molar-refractivity contribution in [2.75, 3.05) is 0 Å². The second-order valence-electron chi connectivity index (χ2n) is 16.5. The maximum atomic E-state index is 6.60. The summed E-state index contributed by atoms with van der Waals surface area (Å²) in [6.07, 6.45) is 1.65. The molecule has 0 amide bonds. The number of benzene rings is 9. The van der Waals surface area contributed by atoms with Crippen LogP contribution in [0.15, 0.2) is 223 Å². The van der Waals surface area contributed by atoms with Gasteiger partial charge in [0.15, 0.2) is 5.58 Å². The molecule has 0 radical (unpaired) electrons. The molecule has 0 saturated heterocycles. The monoisotopic (exact) mass is 803 g/mol. The molecule has 3 heterocycles. The molecule has 0 fully saturated rings. The Kier molecular flexibility index (Phi) is 7.94. The van der Waals surface area contributed by atoms with E-state index in [0.29, 0.717) is 5.58 Å². The molecule has 0 bridgehead atoms. The van der Waals surface area contributed by atoms with Crippen molar-refractivity contribution in [1.29, 1.82) is 0 Å². The molecule has 0 saturated carbocycles. The van der Waals surface area contributed by atoms with E-state index in [4.69, 9.17) is 14.4 Å². The molecule has 12 aromatic rings. The molecule has 1 unspecified atom stereocenters. The Labute approximate surface area is 364 Å². The van der Waals surface area contributed by atoms with Gasteiger partial charge in [0.05, 0.1) is 11.0 Å². The van der Waals surface area contributed by atoms with Gasteiger partial charge in [0.1, 0.15) is 23.1 Å². The molecule has 0 N–H and O–H groups in total. The zero-order valence-electron chi connectivity index (χ0n) is 34.1. The number of hydrogen-bond acceptors (Lipinski definition) is 3. The molecule has 13 rings (SSSR count). The Bertz CT molecular complexity index is 3720. The van der Waals surface area contributed by atoms with Gasteiger partial charge in [0, 0.05) is 33.3 Å². The zero-order valence-corrected chi connectivity index (χ0v) is 34.1. The lowest BCUT2D eigenvalue weighted by atomic mass is 9.88. The minimum absolute atomic E-state index is 0.113. The molecule has 0 spiro atoms. The molecule has 3 aromatic heterocycles. The maximum Gasteiger partial charge on any atom is 0.180 e. The van der Waals surface area contributed by atoms with Crippen molar-refractivity contribution in [2.45, 2.75) is 5.92 Å². The van der Waals surface area contributed by atoms with Gasteiger partial charge in [-0.1, -0.05) is 164 Å². The van der Waals surface area contributed by atoms with Crippen molar-refractivity contribution in [3.63, 3.8) is 0 Å². The van der Waals surface area contributed by atoms with Crippen molar-refractivity contribution in [1.82, 2.24) is 14.5 Å². The summed E-state index contributed by atoms with van der Waals surface area (Å²) < 4.78 is 8.97.